The van der Waals surface area contributed by atoms with Gasteiger partial charge in [-0.1, -0.05) is 6.07 Å². The molecule has 0 bridgehead atoms. The molecule has 0 saturated heterocycles. The van der Waals surface area contributed by atoms with Crippen molar-refractivity contribution in [2.24, 2.45) is 5.73 Å². The maximum Gasteiger partial charge on any atom is 0.123 e. The molecule has 0 spiro atoms. The Labute approximate surface area is 92.1 Å². The maximum atomic E-state index is 12.8. The van der Waals surface area contributed by atoms with Gasteiger partial charge in [0.25, 0.3) is 0 Å². The fourth-order valence-corrected chi connectivity index (χ4v) is 2.35. The number of hydrogen-bond donors (Lipinski definition) is 1. The Balaban J connectivity index is 2.77. The number of benzene rings is 1. The molecule has 0 aromatic heterocycles. The summed E-state index contributed by atoms with van der Waals surface area (Å²) in [5.41, 5.74) is 7.20. The second kappa shape index (κ2) is 5.37. The Morgan fingerprint density at radius 3 is 2.73 bits per heavy atom. The van der Waals surface area contributed by atoms with Crippen LogP contribution >= 0.6 is 0 Å². The Bertz CT molecular complexity index is 368. The zero-order chi connectivity index (χ0) is 11.4. The first-order chi connectivity index (χ1) is 7.04. The summed E-state index contributed by atoms with van der Waals surface area (Å²) in [6.45, 7) is 4.09. The van der Waals surface area contributed by atoms with Gasteiger partial charge in [0.1, 0.15) is 5.82 Å². The van der Waals surface area contributed by atoms with Gasteiger partial charge in [-0.25, -0.2) is 4.39 Å². The van der Waals surface area contributed by atoms with Crippen LogP contribution in [-0.4, -0.2) is 16.0 Å². The van der Waals surface area contributed by atoms with Crippen molar-refractivity contribution in [1.29, 1.82) is 0 Å². The smallest absolute Gasteiger partial charge is 0.123 e. The van der Waals surface area contributed by atoms with Crippen molar-refractivity contribution < 1.29 is 8.60 Å². The summed E-state index contributed by atoms with van der Waals surface area (Å²) in [7, 11) is -0.980. The molecule has 0 saturated carbocycles. The predicted octanol–water partition coefficient (Wildman–Crippen LogP) is 1.73. The van der Waals surface area contributed by atoms with Crippen LogP contribution in [0.3, 0.4) is 0 Å². The first kappa shape index (κ1) is 12.3. The molecule has 4 heteroatoms. The molecule has 0 amide bonds. The van der Waals surface area contributed by atoms with Crippen molar-refractivity contribution >= 4 is 10.8 Å². The lowest BCUT2D eigenvalue weighted by molar-refractivity contribution is 0.625. The fraction of sp³-hybridized carbons (Fsp3) is 0.455. The lowest BCUT2D eigenvalue weighted by Crippen LogP contribution is -2.23. The van der Waals surface area contributed by atoms with E-state index in [1.165, 1.54) is 12.1 Å². The molecule has 0 aliphatic heterocycles. The molecule has 0 radical (unpaired) electrons. The van der Waals surface area contributed by atoms with E-state index in [0.29, 0.717) is 12.3 Å². The lowest BCUT2D eigenvalue weighted by atomic mass is 10.1. The Kier molecular flexibility index (Phi) is 4.42. The van der Waals surface area contributed by atoms with Crippen molar-refractivity contribution in [3.05, 3.63) is 35.1 Å². The van der Waals surface area contributed by atoms with E-state index in [1.54, 1.807) is 6.07 Å². The summed E-state index contributed by atoms with van der Waals surface area (Å²) in [6.07, 6.45) is 0. The highest BCUT2D eigenvalue weighted by Crippen LogP contribution is 2.13. The normalized spacial score (nSPS) is 14.9. The summed E-state index contributed by atoms with van der Waals surface area (Å²) in [5, 5.41) is -0.0190. The number of hydrogen-bond acceptors (Lipinski definition) is 2. The standard InChI is InChI=1S/C11H16FNOS/c1-8-5-11(12)4-3-10(8)7-15(14)9(2)6-13/h3-5,9H,6-7,13H2,1-2H3. The number of rotatable bonds is 4. The minimum atomic E-state index is -0.980. The van der Waals surface area contributed by atoms with Crippen LogP contribution in [-0.2, 0) is 16.6 Å². The van der Waals surface area contributed by atoms with Crippen LogP contribution in [0.2, 0.25) is 0 Å². The molecule has 84 valence electrons. The van der Waals surface area contributed by atoms with Gasteiger partial charge in [0.2, 0.25) is 0 Å². The molecule has 1 aromatic carbocycles. The molecule has 2 N–H and O–H groups in total. The number of nitrogens with two attached hydrogens (primary N) is 1. The molecule has 0 aliphatic carbocycles. The Hall–Kier alpha value is -0.740. The zero-order valence-corrected chi connectivity index (χ0v) is 9.81. The molecule has 2 nitrogen and oxygen atoms in total. The number of halogens is 1. The maximum absolute atomic E-state index is 12.8. The van der Waals surface area contributed by atoms with Crippen LogP contribution in [0.4, 0.5) is 4.39 Å². The van der Waals surface area contributed by atoms with Crippen LogP contribution in [0.5, 0.6) is 0 Å². The monoisotopic (exact) mass is 229 g/mol. The predicted molar refractivity (Wildman–Crippen MR) is 61.5 cm³/mol. The van der Waals surface area contributed by atoms with Gasteiger partial charge in [-0.3, -0.25) is 4.21 Å². The number of aryl methyl sites for hydroxylation is 1. The molecule has 2 unspecified atom stereocenters. The van der Waals surface area contributed by atoms with Crippen LogP contribution in [0.1, 0.15) is 18.1 Å². The lowest BCUT2D eigenvalue weighted by Gasteiger charge is -2.10. The van der Waals surface area contributed by atoms with E-state index < -0.39 is 10.8 Å². The molecule has 1 rings (SSSR count). The van der Waals surface area contributed by atoms with E-state index in [1.807, 2.05) is 13.8 Å². The molecule has 0 aliphatic rings. The summed E-state index contributed by atoms with van der Waals surface area (Å²) in [6, 6.07) is 4.54. The molecular weight excluding hydrogens is 213 g/mol. The Morgan fingerprint density at radius 2 is 2.20 bits per heavy atom. The average molecular weight is 229 g/mol. The highest BCUT2D eigenvalue weighted by Gasteiger charge is 2.11. The van der Waals surface area contributed by atoms with E-state index in [0.717, 1.165) is 11.1 Å². The van der Waals surface area contributed by atoms with Gasteiger partial charge in [-0.05, 0) is 37.1 Å². The third-order valence-electron chi connectivity index (χ3n) is 2.38. The third-order valence-corrected chi connectivity index (χ3v) is 4.07. The van der Waals surface area contributed by atoms with E-state index in [2.05, 4.69) is 0 Å². The van der Waals surface area contributed by atoms with Crippen molar-refractivity contribution in [3.8, 4) is 0 Å². The molecule has 2 atom stereocenters. The SMILES string of the molecule is Cc1cc(F)ccc1CS(=O)C(C)CN. The fourth-order valence-electron chi connectivity index (χ4n) is 1.22. The first-order valence-corrected chi connectivity index (χ1v) is 6.25. The van der Waals surface area contributed by atoms with Crippen LogP contribution in [0, 0.1) is 12.7 Å². The third kappa shape index (κ3) is 3.39. The summed E-state index contributed by atoms with van der Waals surface area (Å²) in [5.74, 6) is 0.193. The average Bonchev–Trinajstić information content (AvgIpc) is 2.20. The van der Waals surface area contributed by atoms with Crippen LogP contribution in [0.15, 0.2) is 18.2 Å². The largest absolute Gasteiger partial charge is 0.329 e. The van der Waals surface area contributed by atoms with E-state index in [4.69, 9.17) is 5.73 Å². The second-order valence-corrected chi connectivity index (χ2v) is 5.50. The highest BCUT2D eigenvalue weighted by atomic mass is 32.2. The summed E-state index contributed by atoms with van der Waals surface area (Å²) < 4.78 is 24.5. The van der Waals surface area contributed by atoms with Crippen molar-refractivity contribution in [1.82, 2.24) is 0 Å². The van der Waals surface area contributed by atoms with Crippen LogP contribution in [0.25, 0.3) is 0 Å². The molecule has 0 fully saturated rings. The van der Waals surface area contributed by atoms with Crippen molar-refractivity contribution in [2.75, 3.05) is 6.54 Å². The Morgan fingerprint density at radius 1 is 1.53 bits per heavy atom. The van der Waals surface area contributed by atoms with Gasteiger partial charge in [-0.15, -0.1) is 0 Å². The first-order valence-electron chi connectivity index (χ1n) is 4.87. The molecule has 0 heterocycles. The van der Waals surface area contributed by atoms with Crippen molar-refractivity contribution in [2.45, 2.75) is 24.9 Å². The van der Waals surface area contributed by atoms with Gasteiger partial charge in [0, 0.05) is 28.3 Å². The second-order valence-electron chi connectivity index (χ2n) is 3.64. The molecular formula is C11H16FNOS. The molecule has 1 aromatic rings. The van der Waals surface area contributed by atoms with E-state index in [-0.39, 0.29) is 11.1 Å². The van der Waals surface area contributed by atoms with Gasteiger partial charge >= 0.3 is 0 Å². The quantitative estimate of drug-likeness (QED) is 0.854. The van der Waals surface area contributed by atoms with Gasteiger partial charge in [-0.2, -0.15) is 0 Å². The zero-order valence-electron chi connectivity index (χ0n) is 9.00. The van der Waals surface area contributed by atoms with Gasteiger partial charge < -0.3 is 5.73 Å². The van der Waals surface area contributed by atoms with E-state index in [9.17, 15) is 8.60 Å². The van der Waals surface area contributed by atoms with E-state index >= 15 is 0 Å². The van der Waals surface area contributed by atoms with Gasteiger partial charge in [0.05, 0.1) is 0 Å². The van der Waals surface area contributed by atoms with Crippen LogP contribution < -0.4 is 5.73 Å². The summed E-state index contributed by atoms with van der Waals surface area (Å²) in [4.78, 5) is 0. The minimum absolute atomic E-state index is 0.0190. The van der Waals surface area contributed by atoms with Crippen molar-refractivity contribution in [3.63, 3.8) is 0 Å². The topological polar surface area (TPSA) is 43.1 Å². The van der Waals surface area contributed by atoms with Gasteiger partial charge in [0.15, 0.2) is 0 Å². The minimum Gasteiger partial charge on any atom is -0.329 e. The molecule has 15 heavy (non-hydrogen) atoms. The highest BCUT2D eigenvalue weighted by molar-refractivity contribution is 7.84. The summed E-state index contributed by atoms with van der Waals surface area (Å²) >= 11 is 0.